The molecule has 4 aromatic rings. The van der Waals surface area contributed by atoms with E-state index in [0.717, 1.165) is 39.5 Å². The summed E-state index contributed by atoms with van der Waals surface area (Å²) in [6.45, 7) is 1.58. The fourth-order valence-corrected chi connectivity index (χ4v) is 5.75. The molecule has 7 rings (SSSR count). The third kappa shape index (κ3) is 3.87. The minimum atomic E-state index is -0.549. The Labute approximate surface area is 226 Å². The van der Waals surface area contributed by atoms with Crippen LogP contribution in [0.1, 0.15) is 5.56 Å². The zero-order valence-electron chi connectivity index (χ0n) is 21.5. The number of carbonyl (C=O) groups is 2. The Bertz CT molecular complexity index is 1600. The molecule has 0 N–H and O–H groups in total. The number of likely N-dealkylation sites (N-methyl/N-ethyl adjacent to an activating group) is 1. The Morgan fingerprint density at radius 3 is 2.36 bits per heavy atom. The summed E-state index contributed by atoms with van der Waals surface area (Å²) in [6.07, 6.45) is -0.549. The second-order valence-electron chi connectivity index (χ2n) is 10.00. The molecule has 4 aromatic carbocycles. The molecule has 2 unspecified atom stereocenters. The fourth-order valence-electron chi connectivity index (χ4n) is 5.75. The van der Waals surface area contributed by atoms with Crippen molar-refractivity contribution >= 4 is 34.4 Å². The number of anilines is 1. The van der Waals surface area contributed by atoms with E-state index in [1.165, 1.54) is 4.90 Å². The molecule has 0 spiro atoms. The van der Waals surface area contributed by atoms with Gasteiger partial charge in [-0.25, -0.2) is 9.79 Å². The standard InChI is InChI=1S/C31H27N5O3/c1-33-28-27(29(37)36(31(33)38)20-22-10-7-9-21-8-5-6-13-26(21)22)35-19-18-34(30(35)32-28)23-14-16-25(17-15-23)39-24-11-3-2-4-12-24/h2-17,27-28H,18-20H2,1H3. The Morgan fingerprint density at radius 1 is 0.821 bits per heavy atom. The van der Waals surface area contributed by atoms with Gasteiger partial charge in [-0.3, -0.25) is 9.69 Å². The van der Waals surface area contributed by atoms with Gasteiger partial charge in [0.15, 0.2) is 12.2 Å². The highest BCUT2D eigenvalue weighted by Gasteiger charge is 2.54. The zero-order chi connectivity index (χ0) is 26.5. The summed E-state index contributed by atoms with van der Waals surface area (Å²) in [5.41, 5.74) is 1.91. The van der Waals surface area contributed by atoms with Crippen molar-refractivity contribution in [3.05, 3.63) is 103 Å². The van der Waals surface area contributed by atoms with Gasteiger partial charge in [-0.1, -0.05) is 60.7 Å². The number of nitrogens with zero attached hydrogens (tertiary/aromatic N) is 5. The van der Waals surface area contributed by atoms with Gasteiger partial charge < -0.3 is 19.4 Å². The molecule has 3 aliphatic heterocycles. The first-order valence-electron chi connectivity index (χ1n) is 13.1. The molecule has 0 bridgehead atoms. The highest BCUT2D eigenvalue weighted by atomic mass is 16.5. The monoisotopic (exact) mass is 517 g/mol. The van der Waals surface area contributed by atoms with E-state index in [1.54, 1.807) is 11.9 Å². The van der Waals surface area contributed by atoms with Crippen LogP contribution >= 0.6 is 0 Å². The van der Waals surface area contributed by atoms with Gasteiger partial charge >= 0.3 is 6.03 Å². The molecule has 0 aromatic heterocycles. The predicted molar refractivity (Wildman–Crippen MR) is 150 cm³/mol. The van der Waals surface area contributed by atoms with Crippen molar-refractivity contribution in [2.75, 3.05) is 25.0 Å². The van der Waals surface area contributed by atoms with Crippen LogP contribution in [-0.2, 0) is 11.3 Å². The van der Waals surface area contributed by atoms with Crippen LogP contribution in [0.25, 0.3) is 10.8 Å². The fraction of sp³-hybridized carbons (Fsp3) is 0.194. The molecular formula is C31H27N5O3. The second kappa shape index (κ2) is 9.16. The number of carbonyl (C=O) groups excluding carboxylic acids is 2. The number of urea groups is 1. The largest absolute Gasteiger partial charge is 0.457 e. The van der Waals surface area contributed by atoms with E-state index in [9.17, 15) is 9.59 Å². The Balaban J connectivity index is 1.13. The lowest BCUT2D eigenvalue weighted by molar-refractivity contribution is -0.137. The number of benzene rings is 4. The maximum Gasteiger partial charge on any atom is 0.328 e. The topological polar surface area (TPSA) is 68.7 Å². The summed E-state index contributed by atoms with van der Waals surface area (Å²) in [5, 5.41) is 2.13. The van der Waals surface area contributed by atoms with E-state index in [-0.39, 0.29) is 18.5 Å². The van der Waals surface area contributed by atoms with Crippen molar-refractivity contribution in [1.82, 2.24) is 14.7 Å². The third-order valence-corrected chi connectivity index (χ3v) is 7.71. The van der Waals surface area contributed by atoms with Gasteiger partial charge in [0.2, 0.25) is 5.96 Å². The average Bonchev–Trinajstić information content (AvgIpc) is 3.55. The summed E-state index contributed by atoms with van der Waals surface area (Å²) in [6, 6.07) is 30.7. The lowest BCUT2D eigenvalue weighted by Crippen LogP contribution is -2.64. The van der Waals surface area contributed by atoms with Gasteiger partial charge in [-0.05, 0) is 52.7 Å². The van der Waals surface area contributed by atoms with Crippen LogP contribution in [0, 0.1) is 0 Å². The molecule has 8 nitrogen and oxygen atoms in total. The third-order valence-electron chi connectivity index (χ3n) is 7.71. The number of guanidine groups is 1. The van der Waals surface area contributed by atoms with Crippen molar-refractivity contribution in [2.24, 2.45) is 4.99 Å². The van der Waals surface area contributed by atoms with Crippen molar-refractivity contribution in [1.29, 1.82) is 0 Å². The molecule has 2 saturated heterocycles. The van der Waals surface area contributed by atoms with E-state index < -0.39 is 12.2 Å². The van der Waals surface area contributed by atoms with Crippen LogP contribution in [0.3, 0.4) is 0 Å². The van der Waals surface area contributed by atoms with Crippen molar-refractivity contribution in [3.63, 3.8) is 0 Å². The number of imide groups is 1. The molecule has 0 radical (unpaired) electrons. The summed E-state index contributed by atoms with van der Waals surface area (Å²) in [4.78, 5) is 39.2. The van der Waals surface area contributed by atoms with Crippen LogP contribution in [0.15, 0.2) is 102 Å². The molecular weight excluding hydrogens is 490 g/mol. The number of rotatable bonds is 5. The highest BCUT2D eigenvalue weighted by Crippen LogP contribution is 2.35. The zero-order valence-corrected chi connectivity index (χ0v) is 21.5. The highest BCUT2D eigenvalue weighted by molar-refractivity contribution is 6.08. The molecule has 0 aliphatic carbocycles. The van der Waals surface area contributed by atoms with Crippen LogP contribution in [0.4, 0.5) is 10.5 Å². The first-order valence-corrected chi connectivity index (χ1v) is 13.1. The molecule has 3 heterocycles. The van der Waals surface area contributed by atoms with E-state index >= 15 is 0 Å². The summed E-state index contributed by atoms with van der Waals surface area (Å²) >= 11 is 0. The minimum Gasteiger partial charge on any atom is -0.457 e. The van der Waals surface area contributed by atoms with Crippen molar-refractivity contribution in [2.45, 2.75) is 18.8 Å². The first-order chi connectivity index (χ1) is 19.1. The maximum atomic E-state index is 13.8. The number of para-hydroxylation sites is 1. The quantitative estimate of drug-likeness (QED) is 0.376. The van der Waals surface area contributed by atoms with Crippen LogP contribution in [-0.4, -0.2) is 64.9 Å². The Kier molecular flexibility index (Phi) is 5.47. The SMILES string of the molecule is CN1C(=O)N(Cc2cccc3ccccc23)C(=O)C2C1N=C1N(c3ccc(Oc4ccccc4)cc3)CCN12. The Hall–Kier alpha value is -4.85. The first kappa shape index (κ1) is 23.3. The number of amides is 3. The summed E-state index contributed by atoms with van der Waals surface area (Å²) in [7, 11) is 1.73. The van der Waals surface area contributed by atoms with E-state index in [2.05, 4.69) is 4.90 Å². The van der Waals surface area contributed by atoms with Crippen LogP contribution in [0.2, 0.25) is 0 Å². The lowest BCUT2D eigenvalue weighted by Gasteiger charge is -2.40. The predicted octanol–water partition coefficient (Wildman–Crippen LogP) is 4.91. The van der Waals surface area contributed by atoms with Gasteiger partial charge in [0, 0.05) is 25.8 Å². The van der Waals surface area contributed by atoms with Gasteiger partial charge in [-0.15, -0.1) is 0 Å². The van der Waals surface area contributed by atoms with Gasteiger partial charge in [0.1, 0.15) is 11.5 Å². The molecule has 194 valence electrons. The number of hydrogen-bond donors (Lipinski definition) is 0. The second-order valence-corrected chi connectivity index (χ2v) is 10.00. The number of fused-ring (bicyclic) bond motifs is 4. The number of ether oxygens (including phenoxy) is 1. The van der Waals surface area contributed by atoms with Gasteiger partial charge in [0.25, 0.3) is 5.91 Å². The maximum absolute atomic E-state index is 13.8. The average molecular weight is 518 g/mol. The van der Waals surface area contributed by atoms with Gasteiger partial charge in [0.05, 0.1) is 6.54 Å². The Morgan fingerprint density at radius 2 is 1.54 bits per heavy atom. The normalized spacial score (nSPS) is 20.4. The van der Waals surface area contributed by atoms with Crippen LogP contribution < -0.4 is 9.64 Å². The molecule has 3 amide bonds. The minimum absolute atomic E-state index is 0.205. The number of hydrogen-bond acceptors (Lipinski definition) is 6. The molecule has 39 heavy (non-hydrogen) atoms. The van der Waals surface area contributed by atoms with Crippen molar-refractivity contribution in [3.8, 4) is 11.5 Å². The smallest absolute Gasteiger partial charge is 0.328 e. The molecule has 8 heteroatoms. The lowest BCUT2D eigenvalue weighted by atomic mass is 10.0. The molecule has 3 aliphatic rings. The summed E-state index contributed by atoms with van der Waals surface area (Å²) < 4.78 is 5.93. The van der Waals surface area contributed by atoms with E-state index in [1.807, 2.05) is 102 Å². The van der Waals surface area contributed by atoms with E-state index in [4.69, 9.17) is 9.73 Å². The van der Waals surface area contributed by atoms with Crippen molar-refractivity contribution < 1.29 is 14.3 Å². The molecule has 2 fully saturated rings. The van der Waals surface area contributed by atoms with Gasteiger partial charge in [-0.2, -0.15) is 0 Å². The summed E-state index contributed by atoms with van der Waals surface area (Å²) in [5.74, 6) is 2.04. The molecule has 2 atom stereocenters. The van der Waals surface area contributed by atoms with E-state index in [0.29, 0.717) is 13.1 Å². The van der Waals surface area contributed by atoms with Crippen LogP contribution in [0.5, 0.6) is 11.5 Å². The number of aliphatic imine (C=N–C) groups is 1. The molecule has 0 saturated carbocycles.